The maximum Gasteiger partial charge on any atom is 0.305 e. The summed E-state index contributed by atoms with van der Waals surface area (Å²) < 4.78 is 0. The number of carboxylic acids is 1. The summed E-state index contributed by atoms with van der Waals surface area (Å²) in [5, 5.41) is 42.9. The quantitative estimate of drug-likeness (QED) is 0.0223. The molecule has 14 N–H and O–H groups in total. The van der Waals surface area contributed by atoms with Gasteiger partial charge in [0.05, 0.1) is 25.3 Å². The molecule has 0 saturated carbocycles. The van der Waals surface area contributed by atoms with Crippen LogP contribution in [-0.2, 0) is 54.4 Å². The Morgan fingerprint density at radius 3 is 2.23 bits per heavy atom. The molecule has 1 heterocycles. The molecule has 1 aliphatic rings. The van der Waals surface area contributed by atoms with Crippen molar-refractivity contribution >= 4 is 98.3 Å². The highest BCUT2D eigenvalue weighted by Crippen LogP contribution is 2.24. The van der Waals surface area contributed by atoms with Crippen molar-refractivity contribution in [3.05, 3.63) is 35.9 Å². The molecule has 23 nitrogen and oxygen atoms in total. The minimum Gasteiger partial charge on any atom is -0.481 e. The van der Waals surface area contributed by atoms with Crippen LogP contribution in [0.3, 0.4) is 0 Å². The number of amides is 8. The molecule has 2 rings (SSSR count). The molecule has 0 spiro atoms. The smallest absolute Gasteiger partial charge is 0.305 e. The number of carbonyl (C=O) groups excluding carboxylic acids is 9. The normalized spacial score (nSPS) is 19.4. The summed E-state index contributed by atoms with van der Waals surface area (Å²) in [6.45, 7) is 0.940. The van der Waals surface area contributed by atoms with E-state index >= 15 is 0 Å². The van der Waals surface area contributed by atoms with Crippen molar-refractivity contribution in [2.24, 2.45) is 5.73 Å². The monoisotopic (exact) mass is 982 g/mol. The first-order valence-electron chi connectivity index (χ1n) is 21.0. The lowest BCUT2D eigenvalue weighted by atomic mass is 10.0. The predicted molar refractivity (Wildman–Crippen MR) is 251 cm³/mol. The summed E-state index contributed by atoms with van der Waals surface area (Å²) >= 11 is 1.25. The van der Waals surface area contributed by atoms with Crippen molar-refractivity contribution < 1.29 is 53.1 Å². The molecule has 0 aromatic heterocycles. The molecule has 1 aromatic carbocycles. The predicted octanol–water partition coefficient (Wildman–Crippen LogP) is -3.16. The highest BCUT2D eigenvalue weighted by Gasteiger charge is 2.34. The molecular formula is C40H62N12O11S3. The standard InChI is InChI=1S/C40H62N12O11S3/c1-23(53)18-45-35(59)27(16-24-10-5-4-6-11-24)50-39(63)30-21-66-65-20-29(51-36(60)26(12-7-8-14-43-2)47-32(55)22-64-3)38(62)49-25(13-9-15-44-40(41)42)34(58)46-19-31(54)48-28(17-33(56)57)37(61)52-30/h4-6,10-11,25-30,43H,7-9,12-22H2,1-3H3,(H,45,59)(H,46,58)(H,47,55)(H,48,54)(H,49,62)(H,50,63)(H,51,60)(H,52,61)(H,56,57)(H4,41,42,44)/t25-,26-,27-,28-,29-,30-/m0/s1. The van der Waals surface area contributed by atoms with Gasteiger partial charge in [0.15, 0.2) is 5.96 Å². The molecular weight excluding hydrogens is 921 g/mol. The number of Topliss-reactive ketones (excluding diaryl/α,β-unsaturated/α-hetero) is 1. The highest BCUT2D eigenvalue weighted by atomic mass is 33.1. The van der Waals surface area contributed by atoms with Crippen LogP contribution in [0.15, 0.2) is 30.3 Å². The minimum atomic E-state index is -1.75. The molecule has 0 unspecified atom stereocenters. The number of hydrogen-bond donors (Lipinski definition) is 13. The zero-order valence-corrected chi connectivity index (χ0v) is 39.5. The van der Waals surface area contributed by atoms with Crippen LogP contribution in [0.25, 0.3) is 0 Å². The van der Waals surface area contributed by atoms with Crippen molar-refractivity contribution in [3.8, 4) is 0 Å². The summed E-state index contributed by atoms with van der Waals surface area (Å²) in [4.78, 5) is 132. The summed E-state index contributed by atoms with van der Waals surface area (Å²) in [6.07, 6.45) is 2.37. The van der Waals surface area contributed by atoms with Gasteiger partial charge in [-0.3, -0.25) is 53.4 Å². The van der Waals surface area contributed by atoms with E-state index in [9.17, 15) is 53.1 Å². The number of carbonyl (C=O) groups is 10. The van der Waals surface area contributed by atoms with Crippen LogP contribution in [0, 0.1) is 5.41 Å². The molecule has 6 atom stereocenters. The average molecular weight is 983 g/mol. The molecule has 1 fully saturated rings. The fourth-order valence-electron chi connectivity index (χ4n) is 6.09. The number of nitrogens with one attached hydrogen (secondary N) is 11. The molecule has 26 heteroatoms. The molecule has 8 amide bonds. The van der Waals surface area contributed by atoms with Crippen molar-refractivity contribution in [2.45, 2.75) is 88.1 Å². The zero-order valence-electron chi connectivity index (χ0n) is 37.1. The Hall–Kier alpha value is -5.60. The fraction of sp³-hybridized carbons (Fsp3) is 0.575. The van der Waals surface area contributed by atoms with Crippen molar-refractivity contribution in [1.82, 2.24) is 53.2 Å². The molecule has 1 aliphatic heterocycles. The third-order valence-corrected chi connectivity index (χ3v) is 12.4. The number of carboxylic acid groups (broad SMARTS) is 1. The first-order valence-corrected chi connectivity index (χ1v) is 24.9. The largest absolute Gasteiger partial charge is 0.481 e. The summed E-state index contributed by atoms with van der Waals surface area (Å²) in [6, 6.07) is 0.411. The Bertz CT molecular complexity index is 1850. The number of ketones is 1. The van der Waals surface area contributed by atoms with E-state index in [-0.39, 0.29) is 67.8 Å². The highest BCUT2D eigenvalue weighted by molar-refractivity contribution is 8.76. The van der Waals surface area contributed by atoms with E-state index in [2.05, 4.69) is 53.2 Å². The van der Waals surface area contributed by atoms with Crippen LogP contribution in [-0.4, -0.2) is 163 Å². The Morgan fingerprint density at radius 1 is 0.864 bits per heavy atom. The van der Waals surface area contributed by atoms with Gasteiger partial charge in [0.25, 0.3) is 0 Å². The molecule has 1 aromatic rings. The van der Waals surface area contributed by atoms with Crippen molar-refractivity contribution in [3.63, 3.8) is 0 Å². The second kappa shape index (κ2) is 31.3. The Labute approximate surface area is 395 Å². The lowest BCUT2D eigenvalue weighted by Gasteiger charge is -2.26. The minimum absolute atomic E-state index is 0.0265. The number of aliphatic carboxylic acids is 1. The maximum absolute atomic E-state index is 14.1. The first kappa shape index (κ1) is 56.5. The molecule has 366 valence electrons. The van der Waals surface area contributed by atoms with Crippen LogP contribution < -0.4 is 58.9 Å². The second-order valence-corrected chi connectivity index (χ2v) is 18.4. The molecule has 0 aliphatic carbocycles. The van der Waals surface area contributed by atoms with E-state index < -0.39 is 102 Å². The number of benzene rings is 1. The molecule has 0 radical (unpaired) electrons. The van der Waals surface area contributed by atoms with Gasteiger partial charge in [0, 0.05) is 24.5 Å². The third kappa shape index (κ3) is 23.0. The van der Waals surface area contributed by atoms with Crippen molar-refractivity contribution in [1.29, 1.82) is 5.41 Å². The lowest BCUT2D eigenvalue weighted by Crippen LogP contribution is -2.59. The fourth-order valence-corrected chi connectivity index (χ4v) is 8.76. The first-order chi connectivity index (χ1) is 31.4. The molecule has 66 heavy (non-hydrogen) atoms. The number of guanidine groups is 1. The SMILES string of the molecule is CNCCCC[C@H](NC(=O)CSC)C(=O)N[C@H]1CSSC[C@@H](C(=O)N[C@@H](Cc2ccccc2)C(=O)NCC(C)=O)NC(=O)[C@H](CC(=O)O)NC(=O)CNC(=O)[C@H](CCCNC(=N)N)NC1=O. The van der Waals surface area contributed by atoms with Crippen LogP contribution in [0.1, 0.15) is 51.0 Å². The van der Waals surface area contributed by atoms with Gasteiger partial charge < -0.3 is 64.0 Å². The third-order valence-electron chi connectivity index (χ3n) is 9.41. The Morgan fingerprint density at radius 2 is 1.58 bits per heavy atom. The number of nitrogens with two attached hydrogens (primary N) is 1. The molecule has 0 bridgehead atoms. The van der Waals surface area contributed by atoms with Crippen LogP contribution in [0.5, 0.6) is 0 Å². The van der Waals surface area contributed by atoms with Gasteiger partial charge in [-0.15, -0.1) is 0 Å². The van der Waals surface area contributed by atoms with Gasteiger partial charge in [0.2, 0.25) is 47.3 Å². The van der Waals surface area contributed by atoms with Crippen LogP contribution >= 0.6 is 33.3 Å². The van der Waals surface area contributed by atoms with Gasteiger partial charge in [-0.2, -0.15) is 11.8 Å². The number of hydrogen-bond acceptors (Lipinski definition) is 15. The van der Waals surface area contributed by atoms with E-state index in [0.717, 1.165) is 21.6 Å². The van der Waals surface area contributed by atoms with E-state index in [1.807, 2.05) is 0 Å². The zero-order chi connectivity index (χ0) is 49.0. The Kier molecular flexibility index (Phi) is 26.8. The van der Waals surface area contributed by atoms with E-state index in [0.29, 0.717) is 24.9 Å². The lowest BCUT2D eigenvalue weighted by molar-refractivity contribution is -0.141. The van der Waals surface area contributed by atoms with Gasteiger partial charge in [0.1, 0.15) is 42.0 Å². The maximum atomic E-state index is 14.1. The number of rotatable bonds is 23. The molecule has 1 saturated heterocycles. The van der Waals surface area contributed by atoms with Gasteiger partial charge >= 0.3 is 5.97 Å². The van der Waals surface area contributed by atoms with Gasteiger partial charge in [-0.1, -0.05) is 51.9 Å². The average Bonchev–Trinajstić information content (AvgIpc) is 3.26. The second-order valence-electron chi connectivity index (χ2n) is 15.0. The number of unbranched alkanes of at least 4 members (excludes halogenated alkanes) is 1. The summed E-state index contributed by atoms with van der Waals surface area (Å²) in [7, 11) is 3.72. The van der Waals surface area contributed by atoms with E-state index in [1.54, 1.807) is 43.6 Å². The summed E-state index contributed by atoms with van der Waals surface area (Å²) in [5.41, 5.74) is 6.03. The van der Waals surface area contributed by atoms with E-state index in [1.165, 1.54) is 18.7 Å². The van der Waals surface area contributed by atoms with Crippen LogP contribution in [0.2, 0.25) is 0 Å². The number of thioether (sulfide) groups is 1. The Balaban J connectivity index is 2.56. The topological polar surface area (TPSA) is 361 Å². The van der Waals surface area contributed by atoms with E-state index in [4.69, 9.17) is 11.1 Å². The van der Waals surface area contributed by atoms with Crippen molar-refractivity contribution in [2.75, 3.05) is 56.7 Å². The van der Waals surface area contributed by atoms with Crippen LogP contribution in [0.4, 0.5) is 0 Å². The summed E-state index contributed by atoms with van der Waals surface area (Å²) in [5.74, 6) is -9.01. The van der Waals surface area contributed by atoms with Gasteiger partial charge in [-0.05, 0) is 64.4 Å². The van der Waals surface area contributed by atoms with Gasteiger partial charge in [-0.25, -0.2) is 0 Å².